The Morgan fingerprint density at radius 1 is 1.21 bits per heavy atom. The smallest absolute Gasteiger partial charge is 0.226 e. The number of ether oxygens (including phenoxy) is 2. The molecule has 7 heteroatoms. The standard InChI is InChI=1S/C22H30N2O5/c1-27-20-7-6-15(12-21(20)28-17-4-2-3-5-17)19-13-18(29-23-19)14-22(26)24-10-8-16(25)9-11-24/h6-7,12,16-18,25H,2-5,8-11,13-14H2,1H3. The van der Waals surface area contributed by atoms with E-state index in [1.54, 1.807) is 7.11 Å². The molecule has 1 saturated heterocycles. The third-order valence-corrected chi connectivity index (χ3v) is 6.05. The van der Waals surface area contributed by atoms with E-state index in [2.05, 4.69) is 5.16 Å². The van der Waals surface area contributed by atoms with Gasteiger partial charge in [0.25, 0.3) is 0 Å². The number of hydrogen-bond acceptors (Lipinski definition) is 6. The van der Waals surface area contributed by atoms with Gasteiger partial charge in [-0.15, -0.1) is 0 Å². The Bertz CT molecular complexity index is 752. The van der Waals surface area contributed by atoms with Gasteiger partial charge in [0.05, 0.1) is 31.5 Å². The summed E-state index contributed by atoms with van der Waals surface area (Å²) >= 11 is 0. The summed E-state index contributed by atoms with van der Waals surface area (Å²) in [5.74, 6) is 1.53. The van der Waals surface area contributed by atoms with E-state index in [4.69, 9.17) is 14.3 Å². The molecule has 2 heterocycles. The summed E-state index contributed by atoms with van der Waals surface area (Å²) in [7, 11) is 1.65. The topological polar surface area (TPSA) is 80.6 Å². The average Bonchev–Trinajstić information content (AvgIpc) is 3.40. The zero-order valence-corrected chi connectivity index (χ0v) is 17.0. The minimum Gasteiger partial charge on any atom is -0.493 e. The first kappa shape index (κ1) is 20.0. The van der Waals surface area contributed by atoms with Crippen LogP contribution in [-0.4, -0.2) is 60.1 Å². The molecule has 1 unspecified atom stereocenters. The summed E-state index contributed by atoms with van der Waals surface area (Å²) in [6.45, 7) is 1.22. The number of carbonyl (C=O) groups is 1. The van der Waals surface area contributed by atoms with E-state index in [1.807, 2.05) is 23.1 Å². The molecule has 2 fully saturated rings. The number of methoxy groups -OCH3 is 1. The molecule has 7 nitrogen and oxygen atoms in total. The molecule has 4 rings (SSSR count). The van der Waals surface area contributed by atoms with Crippen LogP contribution in [0.3, 0.4) is 0 Å². The van der Waals surface area contributed by atoms with Gasteiger partial charge in [-0.1, -0.05) is 5.16 Å². The highest BCUT2D eigenvalue weighted by atomic mass is 16.6. The quantitative estimate of drug-likeness (QED) is 0.791. The lowest BCUT2D eigenvalue weighted by Gasteiger charge is -2.30. The molecular weight excluding hydrogens is 372 g/mol. The molecule has 1 aromatic rings. The molecule has 0 bridgehead atoms. The number of rotatable bonds is 6. The molecule has 1 N–H and O–H groups in total. The van der Waals surface area contributed by atoms with Crippen LogP contribution in [0, 0.1) is 0 Å². The summed E-state index contributed by atoms with van der Waals surface area (Å²) in [5.41, 5.74) is 1.77. The number of nitrogens with zero attached hydrogens (tertiary/aromatic N) is 2. The second kappa shape index (κ2) is 9.03. The highest BCUT2D eigenvalue weighted by molar-refractivity contribution is 6.02. The molecule has 0 aromatic heterocycles. The van der Waals surface area contributed by atoms with Gasteiger partial charge in [-0.3, -0.25) is 4.79 Å². The van der Waals surface area contributed by atoms with Crippen LogP contribution in [0.15, 0.2) is 23.4 Å². The van der Waals surface area contributed by atoms with Gasteiger partial charge in [0.2, 0.25) is 5.91 Å². The number of aliphatic hydroxyl groups is 1. The number of hydrogen-bond donors (Lipinski definition) is 1. The zero-order chi connectivity index (χ0) is 20.2. The Morgan fingerprint density at radius 3 is 2.69 bits per heavy atom. The van der Waals surface area contributed by atoms with E-state index in [-0.39, 0.29) is 24.2 Å². The molecular formula is C22H30N2O5. The summed E-state index contributed by atoms with van der Waals surface area (Å²) in [5, 5.41) is 13.8. The number of amides is 1. The van der Waals surface area contributed by atoms with E-state index in [0.29, 0.717) is 38.8 Å². The second-order valence-corrected chi connectivity index (χ2v) is 8.18. The Labute approximate surface area is 171 Å². The molecule has 1 saturated carbocycles. The van der Waals surface area contributed by atoms with Crippen molar-refractivity contribution in [2.45, 2.75) is 69.7 Å². The first-order valence-electron chi connectivity index (χ1n) is 10.7. The molecule has 3 aliphatic rings. The highest BCUT2D eigenvalue weighted by Crippen LogP contribution is 2.33. The van der Waals surface area contributed by atoms with Gasteiger partial charge >= 0.3 is 0 Å². The number of benzene rings is 1. The van der Waals surface area contributed by atoms with Crippen LogP contribution in [0.1, 0.15) is 56.9 Å². The van der Waals surface area contributed by atoms with Crippen molar-refractivity contribution < 1.29 is 24.2 Å². The summed E-state index contributed by atoms with van der Waals surface area (Å²) < 4.78 is 11.6. The van der Waals surface area contributed by atoms with E-state index in [9.17, 15) is 9.90 Å². The monoisotopic (exact) mass is 402 g/mol. The van der Waals surface area contributed by atoms with Crippen molar-refractivity contribution in [2.75, 3.05) is 20.2 Å². The first-order chi connectivity index (χ1) is 14.1. The fraction of sp³-hybridized carbons (Fsp3) is 0.636. The van der Waals surface area contributed by atoms with Gasteiger partial charge < -0.3 is 24.3 Å². The number of aliphatic hydroxyl groups excluding tert-OH is 1. The Kier molecular flexibility index (Phi) is 6.23. The van der Waals surface area contributed by atoms with Gasteiger partial charge in [-0.05, 0) is 56.7 Å². The predicted molar refractivity (Wildman–Crippen MR) is 108 cm³/mol. The van der Waals surface area contributed by atoms with Crippen LogP contribution >= 0.6 is 0 Å². The number of likely N-dealkylation sites (tertiary alicyclic amines) is 1. The molecule has 0 spiro atoms. The Balaban J connectivity index is 1.36. The largest absolute Gasteiger partial charge is 0.493 e. The fourth-order valence-corrected chi connectivity index (χ4v) is 4.28. The van der Waals surface area contributed by atoms with Gasteiger partial charge in [0, 0.05) is 25.1 Å². The Morgan fingerprint density at radius 2 is 1.97 bits per heavy atom. The minimum absolute atomic E-state index is 0.0679. The van der Waals surface area contributed by atoms with Crippen LogP contribution in [0.25, 0.3) is 0 Å². The van der Waals surface area contributed by atoms with Gasteiger partial charge in [0.15, 0.2) is 11.5 Å². The molecule has 1 amide bonds. The SMILES string of the molecule is COc1ccc(C2=NOC(CC(=O)N3CCC(O)CC3)C2)cc1OC1CCCC1. The average molecular weight is 402 g/mol. The lowest BCUT2D eigenvalue weighted by Crippen LogP contribution is -2.41. The van der Waals surface area contributed by atoms with Crippen LogP contribution in [0.2, 0.25) is 0 Å². The van der Waals surface area contributed by atoms with Crippen molar-refractivity contribution in [3.63, 3.8) is 0 Å². The summed E-state index contributed by atoms with van der Waals surface area (Å²) in [6.07, 6.45) is 6.49. The number of carbonyl (C=O) groups excluding carboxylic acids is 1. The van der Waals surface area contributed by atoms with Crippen LogP contribution in [0.4, 0.5) is 0 Å². The van der Waals surface area contributed by atoms with Crippen molar-refractivity contribution >= 4 is 11.6 Å². The van der Waals surface area contributed by atoms with Crippen molar-refractivity contribution in [2.24, 2.45) is 5.16 Å². The first-order valence-corrected chi connectivity index (χ1v) is 10.7. The van der Waals surface area contributed by atoms with E-state index in [1.165, 1.54) is 12.8 Å². The molecule has 158 valence electrons. The van der Waals surface area contributed by atoms with Gasteiger partial charge in [0.1, 0.15) is 6.10 Å². The lowest BCUT2D eigenvalue weighted by atomic mass is 10.0. The zero-order valence-electron chi connectivity index (χ0n) is 17.0. The van der Waals surface area contributed by atoms with E-state index >= 15 is 0 Å². The van der Waals surface area contributed by atoms with E-state index < -0.39 is 0 Å². The van der Waals surface area contributed by atoms with Crippen molar-refractivity contribution in [1.29, 1.82) is 0 Å². The highest BCUT2D eigenvalue weighted by Gasteiger charge is 2.29. The maximum Gasteiger partial charge on any atom is 0.226 e. The van der Waals surface area contributed by atoms with Crippen molar-refractivity contribution in [3.8, 4) is 11.5 Å². The third-order valence-electron chi connectivity index (χ3n) is 6.05. The number of oxime groups is 1. The molecule has 0 radical (unpaired) electrons. The molecule has 1 aromatic carbocycles. The normalized spacial score (nSPS) is 23.0. The van der Waals surface area contributed by atoms with E-state index in [0.717, 1.165) is 35.6 Å². The Hall–Kier alpha value is -2.28. The van der Waals surface area contributed by atoms with Crippen molar-refractivity contribution in [1.82, 2.24) is 4.90 Å². The van der Waals surface area contributed by atoms with Crippen LogP contribution in [-0.2, 0) is 9.63 Å². The summed E-state index contributed by atoms with van der Waals surface area (Å²) in [4.78, 5) is 19.9. The minimum atomic E-state index is -0.285. The lowest BCUT2D eigenvalue weighted by molar-refractivity contribution is -0.135. The van der Waals surface area contributed by atoms with Crippen molar-refractivity contribution in [3.05, 3.63) is 23.8 Å². The fourth-order valence-electron chi connectivity index (χ4n) is 4.28. The molecule has 29 heavy (non-hydrogen) atoms. The second-order valence-electron chi connectivity index (χ2n) is 8.18. The number of piperidine rings is 1. The summed E-state index contributed by atoms with van der Waals surface area (Å²) in [6, 6.07) is 5.83. The molecule has 2 aliphatic heterocycles. The maximum atomic E-state index is 12.5. The third kappa shape index (κ3) is 4.83. The molecule has 1 aliphatic carbocycles. The van der Waals surface area contributed by atoms with Crippen LogP contribution in [0.5, 0.6) is 11.5 Å². The maximum absolute atomic E-state index is 12.5. The molecule has 1 atom stereocenters. The van der Waals surface area contributed by atoms with Crippen LogP contribution < -0.4 is 9.47 Å². The predicted octanol–water partition coefficient (Wildman–Crippen LogP) is 2.88. The van der Waals surface area contributed by atoms with Gasteiger partial charge in [-0.2, -0.15) is 0 Å². The van der Waals surface area contributed by atoms with Gasteiger partial charge in [-0.25, -0.2) is 0 Å².